The zero-order chi connectivity index (χ0) is 15.3. The quantitative estimate of drug-likeness (QED) is 0.819. The van der Waals surface area contributed by atoms with E-state index >= 15 is 0 Å². The maximum atomic E-state index is 5.11. The van der Waals surface area contributed by atoms with Crippen molar-refractivity contribution in [2.45, 2.75) is 51.5 Å². The van der Waals surface area contributed by atoms with Crippen LogP contribution in [0.4, 0.5) is 5.13 Å². The molecule has 120 valence electrons. The third-order valence-corrected chi connectivity index (χ3v) is 4.48. The summed E-state index contributed by atoms with van der Waals surface area (Å²) < 4.78 is 9.57. The van der Waals surface area contributed by atoms with Gasteiger partial charge in [0.1, 0.15) is 5.82 Å². The molecule has 2 heterocycles. The lowest BCUT2D eigenvalue weighted by atomic mass is 9.96. The molecule has 1 aromatic heterocycles. The number of ether oxygens (including phenoxy) is 1. The van der Waals surface area contributed by atoms with Gasteiger partial charge in [-0.25, -0.2) is 4.98 Å². The van der Waals surface area contributed by atoms with Crippen LogP contribution in [-0.2, 0) is 10.2 Å². The van der Waals surface area contributed by atoms with Crippen molar-refractivity contribution in [3.63, 3.8) is 0 Å². The molecule has 0 atom stereocenters. The van der Waals surface area contributed by atoms with E-state index in [2.05, 4.69) is 40.3 Å². The second kappa shape index (κ2) is 7.51. The molecule has 0 radical (unpaired) electrons. The number of nitrogens with zero attached hydrogens (tertiary/aromatic N) is 3. The molecule has 6 heteroatoms. The molecular weight excluding hydrogens is 284 g/mol. The monoisotopic (exact) mass is 312 g/mol. The molecule has 0 aliphatic carbocycles. The fraction of sp³-hybridized carbons (Fsp3) is 0.867. The van der Waals surface area contributed by atoms with E-state index in [0.717, 1.165) is 43.6 Å². The lowest BCUT2D eigenvalue weighted by Gasteiger charge is -2.32. The van der Waals surface area contributed by atoms with Gasteiger partial charge in [0.05, 0.1) is 0 Å². The van der Waals surface area contributed by atoms with E-state index in [1.54, 1.807) is 7.11 Å². The third kappa shape index (κ3) is 5.20. The second-order valence-electron chi connectivity index (χ2n) is 6.78. The Balaban J connectivity index is 1.74. The van der Waals surface area contributed by atoms with Crippen molar-refractivity contribution in [2.24, 2.45) is 0 Å². The van der Waals surface area contributed by atoms with E-state index in [1.807, 2.05) is 0 Å². The minimum Gasteiger partial charge on any atom is -0.385 e. The van der Waals surface area contributed by atoms with Gasteiger partial charge in [-0.1, -0.05) is 20.8 Å². The minimum atomic E-state index is 0.0289. The molecule has 21 heavy (non-hydrogen) atoms. The number of methoxy groups -OCH3 is 1. The summed E-state index contributed by atoms with van der Waals surface area (Å²) in [7, 11) is 1.77. The Morgan fingerprint density at radius 2 is 2.05 bits per heavy atom. The Morgan fingerprint density at radius 3 is 2.62 bits per heavy atom. The molecule has 0 unspecified atom stereocenters. The topological polar surface area (TPSA) is 50.3 Å². The SMILES string of the molecule is COCCCN1CCC(Nc2nc(C(C)(C)C)ns2)CC1. The maximum absolute atomic E-state index is 5.11. The van der Waals surface area contributed by atoms with Crippen molar-refractivity contribution in [3.05, 3.63) is 5.82 Å². The van der Waals surface area contributed by atoms with E-state index < -0.39 is 0 Å². The van der Waals surface area contributed by atoms with Gasteiger partial charge in [-0.05, 0) is 19.3 Å². The summed E-state index contributed by atoms with van der Waals surface area (Å²) in [4.78, 5) is 7.15. The average Bonchev–Trinajstić information content (AvgIpc) is 2.90. The molecule has 0 spiro atoms. The van der Waals surface area contributed by atoms with E-state index in [4.69, 9.17) is 4.74 Å². The second-order valence-corrected chi connectivity index (χ2v) is 7.53. The van der Waals surface area contributed by atoms with Crippen LogP contribution in [0.1, 0.15) is 45.9 Å². The van der Waals surface area contributed by atoms with Crippen LogP contribution in [0.2, 0.25) is 0 Å². The highest BCUT2D eigenvalue weighted by Gasteiger charge is 2.22. The molecule has 0 amide bonds. The third-order valence-electron chi connectivity index (χ3n) is 3.83. The normalized spacial score (nSPS) is 18.1. The number of hydrogen-bond donors (Lipinski definition) is 1. The molecule has 1 N–H and O–H groups in total. The summed E-state index contributed by atoms with van der Waals surface area (Å²) in [5, 5.41) is 4.52. The first-order valence-electron chi connectivity index (χ1n) is 7.81. The first kappa shape index (κ1) is 16.6. The number of hydrogen-bond acceptors (Lipinski definition) is 6. The molecule has 2 rings (SSSR count). The highest BCUT2D eigenvalue weighted by atomic mass is 32.1. The summed E-state index contributed by atoms with van der Waals surface area (Å²) in [5.41, 5.74) is 0.0289. The average molecular weight is 312 g/mol. The molecule has 1 fully saturated rings. The van der Waals surface area contributed by atoms with Gasteiger partial charge < -0.3 is 15.0 Å². The highest BCUT2D eigenvalue weighted by Crippen LogP contribution is 2.24. The molecular formula is C15H28N4OS. The van der Waals surface area contributed by atoms with Gasteiger partial charge >= 0.3 is 0 Å². The van der Waals surface area contributed by atoms with Crippen LogP contribution < -0.4 is 5.32 Å². The van der Waals surface area contributed by atoms with E-state index in [1.165, 1.54) is 24.4 Å². The molecule has 1 saturated heterocycles. The Hall–Kier alpha value is -0.720. The van der Waals surface area contributed by atoms with Crippen molar-refractivity contribution >= 4 is 16.7 Å². The lowest BCUT2D eigenvalue weighted by molar-refractivity contribution is 0.159. The predicted molar refractivity (Wildman–Crippen MR) is 88.2 cm³/mol. The number of likely N-dealkylation sites (tertiary alicyclic amines) is 1. The zero-order valence-electron chi connectivity index (χ0n) is 13.7. The van der Waals surface area contributed by atoms with Crippen LogP contribution in [0, 0.1) is 0 Å². The number of anilines is 1. The van der Waals surface area contributed by atoms with Gasteiger partial charge in [0.2, 0.25) is 5.13 Å². The Bertz CT molecular complexity index is 422. The minimum absolute atomic E-state index is 0.0289. The number of aromatic nitrogens is 2. The van der Waals surface area contributed by atoms with Gasteiger partial charge in [0.25, 0.3) is 0 Å². The highest BCUT2D eigenvalue weighted by molar-refractivity contribution is 7.09. The predicted octanol–water partition coefficient (Wildman–Crippen LogP) is 2.75. The van der Waals surface area contributed by atoms with Crippen LogP contribution in [0.25, 0.3) is 0 Å². The van der Waals surface area contributed by atoms with Crippen molar-refractivity contribution in [1.82, 2.24) is 14.3 Å². The van der Waals surface area contributed by atoms with E-state index in [0.29, 0.717) is 6.04 Å². The molecule has 5 nitrogen and oxygen atoms in total. The number of rotatable bonds is 6. The van der Waals surface area contributed by atoms with Crippen LogP contribution in [0.5, 0.6) is 0 Å². The Kier molecular flexibility index (Phi) is 5.96. The molecule has 0 bridgehead atoms. The van der Waals surface area contributed by atoms with Gasteiger partial charge in [-0.2, -0.15) is 4.37 Å². The fourth-order valence-corrected chi connectivity index (χ4v) is 3.33. The molecule has 1 aliphatic heterocycles. The molecule has 0 saturated carbocycles. The van der Waals surface area contributed by atoms with Crippen LogP contribution >= 0.6 is 11.5 Å². The Morgan fingerprint density at radius 1 is 1.33 bits per heavy atom. The summed E-state index contributed by atoms with van der Waals surface area (Å²) >= 11 is 1.49. The van der Waals surface area contributed by atoms with Crippen molar-refractivity contribution in [3.8, 4) is 0 Å². The van der Waals surface area contributed by atoms with Crippen molar-refractivity contribution in [1.29, 1.82) is 0 Å². The van der Waals surface area contributed by atoms with Crippen LogP contribution in [-0.4, -0.2) is 53.7 Å². The molecule has 0 aromatic carbocycles. The van der Waals surface area contributed by atoms with Crippen LogP contribution in [0.15, 0.2) is 0 Å². The molecule has 1 aromatic rings. The van der Waals surface area contributed by atoms with E-state index in [-0.39, 0.29) is 5.41 Å². The number of piperidine rings is 1. The number of nitrogens with one attached hydrogen (secondary N) is 1. The first-order valence-corrected chi connectivity index (χ1v) is 8.58. The van der Waals surface area contributed by atoms with Crippen molar-refractivity contribution < 1.29 is 4.74 Å². The smallest absolute Gasteiger partial charge is 0.202 e. The van der Waals surface area contributed by atoms with Crippen LogP contribution in [0.3, 0.4) is 0 Å². The maximum Gasteiger partial charge on any atom is 0.202 e. The van der Waals surface area contributed by atoms with Gasteiger partial charge in [0, 0.05) is 56.3 Å². The summed E-state index contributed by atoms with van der Waals surface area (Å²) in [5.74, 6) is 0.937. The standard InChI is InChI=1S/C15H28N4OS/c1-15(2,3)13-17-14(21-18-13)16-12-6-9-19(10-7-12)8-5-11-20-4/h12H,5-11H2,1-4H3,(H,16,17,18). The summed E-state index contributed by atoms with van der Waals surface area (Å²) in [6.45, 7) is 10.8. The Labute approximate surface area is 132 Å². The summed E-state index contributed by atoms with van der Waals surface area (Å²) in [6, 6.07) is 0.532. The van der Waals surface area contributed by atoms with Gasteiger partial charge in [-0.15, -0.1) is 0 Å². The first-order chi connectivity index (χ1) is 9.99. The fourth-order valence-electron chi connectivity index (χ4n) is 2.49. The molecule has 1 aliphatic rings. The largest absolute Gasteiger partial charge is 0.385 e. The van der Waals surface area contributed by atoms with Gasteiger partial charge in [0.15, 0.2) is 0 Å². The van der Waals surface area contributed by atoms with Crippen molar-refractivity contribution in [2.75, 3.05) is 38.7 Å². The lowest BCUT2D eigenvalue weighted by Crippen LogP contribution is -2.39. The summed E-state index contributed by atoms with van der Waals surface area (Å²) in [6.07, 6.45) is 3.48. The zero-order valence-corrected chi connectivity index (χ0v) is 14.5. The van der Waals surface area contributed by atoms with E-state index in [9.17, 15) is 0 Å². The van der Waals surface area contributed by atoms with Gasteiger partial charge in [-0.3, -0.25) is 0 Å².